The van der Waals surface area contributed by atoms with Crippen molar-refractivity contribution in [2.75, 3.05) is 13.7 Å². The molecule has 0 amide bonds. The van der Waals surface area contributed by atoms with Crippen molar-refractivity contribution in [3.63, 3.8) is 0 Å². The molecule has 2 aromatic carbocycles. The lowest BCUT2D eigenvalue weighted by Gasteiger charge is -2.14. The zero-order valence-corrected chi connectivity index (χ0v) is 11.5. The molecule has 0 heterocycles. The van der Waals surface area contributed by atoms with Gasteiger partial charge in [0.25, 0.3) is 0 Å². The van der Waals surface area contributed by atoms with E-state index in [-0.39, 0.29) is 12.4 Å². The van der Waals surface area contributed by atoms with E-state index >= 15 is 0 Å². The van der Waals surface area contributed by atoms with E-state index in [0.29, 0.717) is 11.3 Å². The molecule has 1 atom stereocenters. The average Bonchev–Trinajstić information content (AvgIpc) is 2.48. The number of methoxy groups -OCH3 is 1. The highest BCUT2D eigenvalue weighted by atomic mass is 19.1. The quantitative estimate of drug-likeness (QED) is 0.911. The molecular formula is C16H17FO3. The predicted molar refractivity (Wildman–Crippen MR) is 74.6 cm³/mol. The molecule has 0 saturated carbocycles. The van der Waals surface area contributed by atoms with Crippen LogP contribution in [0.2, 0.25) is 0 Å². The van der Waals surface area contributed by atoms with Crippen molar-refractivity contribution in [1.82, 2.24) is 0 Å². The van der Waals surface area contributed by atoms with Crippen molar-refractivity contribution in [2.24, 2.45) is 0 Å². The van der Waals surface area contributed by atoms with Gasteiger partial charge in [-0.05, 0) is 42.3 Å². The van der Waals surface area contributed by atoms with Crippen molar-refractivity contribution >= 4 is 0 Å². The zero-order valence-electron chi connectivity index (χ0n) is 11.5. The number of rotatable bonds is 5. The van der Waals surface area contributed by atoms with Crippen LogP contribution in [0.4, 0.5) is 4.39 Å². The lowest BCUT2D eigenvalue weighted by atomic mass is 10.1. The molecule has 0 aliphatic heterocycles. The van der Waals surface area contributed by atoms with Gasteiger partial charge in [-0.25, -0.2) is 4.39 Å². The van der Waals surface area contributed by atoms with Gasteiger partial charge in [0, 0.05) is 0 Å². The van der Waals surface area contributed by atoms with Crippen molar-refractivity contribution in [3.8, 4) is 11.5 Å². The molecule has 0 aliphatic rings. The number of aryl methyl sites for hydroxylation is 1. The Hall–Kier alpha value is -2.07. The van der Waals surface area contributed by atoms with Gasteiger partial charge in [0.15, 0.2) is 11.6 Å². The maximum atomic E-state index is 13.5. The number of aliphatic hydroxyl groups is 1. The summed E-state index contributed by atoms with van der Waals surface area (Å²) in [5.74, 6) is 0.432. The summed E-state index contributed by atoms with van der Waals surface area (Å²) in [6.45, 7) is 1.85. The van der Waals surface area contributed by atoms with Crippen molar-refractivity contribution < 1.29 is 19.0 Å². The van der Waals surface area contributed by atoms with E-state index < -0.39 is 11.9 Å². The summed E-state index contributed by atoms with van der Waals surface area (Å²) < 4.78 is 23.9. The summed E-state index contributed by atoms with van der Waals surface area (Å²) in [5, 5.41) is 10.0. The van der Waals surface area contributed by atoms with Crippen LogP contribution < -0.4 is 9.47 Å². The fourth-order valence-corrected chi connectivity index (χ4v) is 1.81. The van der Waals surface area contributed by atoms with E-state index in [1.807, 2.05) is 6.92 Å². The molecular weight excluding hydrogens is 259 g/mol. The van der Waals surface area contributed by atoms with Crippen LogP contribution in [0.5, 0.6) is 11.5 Å². The van der Waals surface area contributed by atoms with Crippen LogP contribution in [-0.2, 0) is 0 Å². The van der Waals surface area contributed by atoms with E-state index in [1.165, 1.54) is 6.07 Å². The standard InChI is InChI=1S/C16H17FO3/c1-11-3-8-14(17)16(9-11)20-10-15(18)12-4-6-13(19-2)7-5-12/h3-9,15,18H,10H2,1-2H3. The molecule has 1 unspecified atom stereocenters. The molecule has 0 fully saturated rings. The third-order valence-corrected chi connectivity index (χ3v) is 2.98. The molecule has 0 radical (unpaired) electrons. The topological polar surface area (TPSA) is 38.7 Å². The van der Waals surface area contributed by atoms with E-state index in [4.69, 9.17) is 9.47 Å². The van der Waals surface area contributed by atoms with E-state index in [9.17, 15) is 9.50 Å². The van der Waals surface area contributed by atoms with E-state index in [2.05, 4.69) is 0 Å². The maximum absolute atomic E-state index is 13.5. The number of benzene rings is 2. The molecule has 0 aliphatic carbocycles. The Morgan fingerprint density at radius 1 is 1.15 bits per heavy atom. The highest BCUT2D eigenvalue weighted by Crippen LogP contribution is 2.22. The SMILES string of the molecule is COc1ccc(C(O)COc2cc(C)ccc2F)cc1. The Balaban J connectivity index is 2.00. The van der Waals surface area contributed by atoms with Gasteiger partial charge in [-0.15, -0.1) is 0 Å². The number of aliphatic hydroxyl groups excluding tert-OH is 1. The maximum Gasteiger partial charge on any atom is 0.165 e. The summed E-state index contributed by atoms with van der Waals surface area (Å²) in [6, 6.07) is 11.6. The third kappa shape index (κ3) is 3.48. The zero-order chi connectivity index (χ0) is 14.5. The Bertz CT molecular complexity index is 566. The fourth-order valence-electron chi connectivity index (χ4n) is 1.81. The molecule has 1 N–H and O–H groups in total. The van der Waals surface area contributed by atoms with Crippen LogP contribution in [0.3, 0.4) is 0 Å². The Kier molecular flexibility index (Phi) is 4.58. The van der Waals surface area contributed by atoms with Gasteiger partial charge in [0.05, 0.1) is 7.11 Å². The van der Waals surface area contributed by atoms with Gasteiger partial charge in [-0.1, -0.05) is 18.2 Å². The molecule has 2 aromatic rings. The van der Waals surface area contributed by atoms with Gasteiger partial charge >= 0.3 is 0 Å². The molecule has 106 valence electrons. The molecule has 4 heteroatoms. The van der Waals surface area contributed by atoms with Gasteiger partial charge < -0.3 is 14.6 Å². The molecule has 3 nitrogen and oxygen atoms in total. The Morgan fingerprint density at radius 2 is 1.85 bits per heavy atom. The summed E-state index contributed by atoms with van der Waals surface area (Å²) >= 11 is 0. The van der Waals surface area contributed by atoms with Gasteiger partial charge in [-0.3, -0.25) is 0 Å². The molecule has 0 saturated heterocycles. The van der Waals surface area contributed by atoms with E-state index in [0.717, 1.165) is 5.56 Å². The fraction of sp³-hybridized carbons (Fsp3) is 0.250. The summed E-state index contributed by atoms with van der Waals surface area (Å²) in [7, 11) is 1.58. The van der Waals surface area contributed by atoms with E-state index in [1.54, 1.807) is 43.5 Å². The number of halogens is 1. The minimum atomic E-state index is -0.819. The minimum absolute atomic E-state index is 0.00724. The first-order valence-corrected chi connectivity index (χ1v) is 6.31. The second-order valence-corrected chi connectivity index (χ2v) is 4.53. The normalized spacial score (nSPS) is 12.0. The van der Waals surface area contributed by atoms with Crippen LogP contribution in [0.25, 0.3) is 0 Å². The third-order valence-electron chi connectivity index (χ3n) is 2.98. The lowest BCUT2D eigenvalue weighted by molar-refractivity contribution is 0.106. The number of hydrogen-bond acceptors (Lipinski definition) is 3. The molecule has 0 aromatic heterocycles. The first-order valence-electron chi connectivity index (χ1n) is 6.31. The van der Waals surface area contributed by atoms with Crippen molar-refractivity contribution in [3.05, 3.63) is 59.4 Å². The lowest BCUT2D eigenvalue weighted by Crippen LogP contribution is -2.10. The molecule has 0 bridgehead atoms. The monoisotopic (exact) mass is 276 g/mol. The van der Waals surface area contributed by atoms with Gasteiger partial charge in [-0.2, -0.15) is 0 Å². The average molecular weight is 276 g/mol. The minimum Gasteiger partial charge on any atom is -0.497 e. The second kappa shape index (κ2) is 6.39. The smallest absolute Gasteiger partial charge is 0.165 e. The Morgan fingerprint density at radius 3 is 2.50 bits per heavy atom. The highest BCUT2D eigenvalue weighted by Gasteiger charge is 2.10. The molecule has 0 spiro atoms. The highest BCUT2D eigenvalue weighted by molar-refractivity contribution is 5.30. The predicted octanol–water partition coefficient (Wildman–Crippen LogP) is 3.26. The van der Waals surface area contributed by atoms with Crippen LogP contribution >= 0.6 is 0 Å². The van der Waals surface area contributed by atoms with Crippen molar-refractivity contribution in [1.29, 1.82) is 0 Å². The van der Waals surface area contributed by atoms with Gasteiger partial charge in [0.1, 0.15) is 18.5 Å². The number of ether oxygens (including phenoxy) is 2. The Labute approximate surface area is 117 Å². The first-order chi connectivity index (χ1) is 9.60. The van der Waals surface area contributed by atoms with Crippen LogP contribution in [0.1, 0.15) is 17.2 Å². The first kappa shape index (κ1) is 14.3. The summed E-state index contributed by atoms with van der Waals surface area (Å²) in [4.78, 5) is 0. The molecule has 2 rings (SSSR count). The van der Waals surface area contributed by atoms with Crippen LogP contribution in [0, 0.1) is 12.7 Å². The summed E-state index contributed by atoms with van der Waals surface area (Å²) in [5.41, 5.74) is 1.60. The number of hydrogen-bond donors (Lipinski definition) is 1. The van der Waals surface area contributed by atoms with Crippen LogP contribution in [-0.4, -0.2) is 18.8 Å². The second-order valence-electron chi connectivity index (χ2n) is 4.53. The largest absolute Gasteiger partial charge is 0.497 e. The summed E-state index contributed by atoms with van der Waals surface area (Å²) in [6.07, 6.45) is -0.819. The van der Waals surface area contributed by atoms with Gasteiger partial charge in [0.2, 0.25) is 0 Å². The van der Waals surface area contributed by atoms with Crippen molar-refractivity contribution in [2.45, 2.75) is 13.0 Å². The molecule has 20 heavy (non-hydrogen) atoms. The van der Waals surface area contributed by atoms with Crippen LogP contribution in [0.15, 0.2) is 42.5 Å².